The average molecular weight is 238 g/mol. The monoisotopic (exact) mass is 238 g/mol. The molecular weight excluding hydrogens is 220 g/mol. The molecule has 1 aromatic rings. The Hall–Kier alpha value is -1.82. The minimum Gasteiger partial charge on any atom is -0.388 e. The SMILES string of the molecule is CNc1cc(NCCN(C)C)cc([N+](=O)[O-])c1. The molecule has 0 spiro atoms. The molecule has 0 aliphatic carbocycles. The van der Waals surface area contributed by atoms with Crippen LogP contribution in [0.25, 0.3) is 0 Å². The zero-order valence-corrected chi connectivity index (χ0v) is 10.4. The van der Waals surface area contributed by atoms with E-state index < -0.39 is 4.92 Å². The lowest BCUT2D eigenvalue weighted by Crippen LogP contribution is -2.20. The summed E-state index contributed by atoms with van der Waals surface area (Å²) in [5, 5.41) is 16.8. The Bertz CT molecular complexity index is 393. The maximum Gasteiger partial charge on any atom is 0.273 e. The first-order chi connectivity index (χ1) is 8.02. The zero-order chi connectivity index (χ0) is 12.8. The van der Waals surface area contributed by atoms with Crippen molar-refractivity contribution in [2.45, 2.75) is 0 Å². The van der Waals surface area contributed by atoms with Gasteiger partial charge in [0.15, 0.2) is 0 Å². The van der Waals surface area contributed by atoms with Crippen molar-refractivity contribution in [1.29, 1.82) is 0 Å². The molecule has 0 bridgehead atoms. The summed E-state index contributed by atoms with van der Waals surface area (Å²) in [4.78, 5) is 12.4. The molecule has 0 aliphatic rings. The van der Waals surface area contributed by atoms with Crippen LogP contribution in [0.1, 0.15) is 0 Å². The van der Waals surface area contributed by atoms with Crippen LogP contribution in [0.2, 0.25) is 0 Å². The molecule has 1 aromatic carbocycles. The van der Waals surface area contributed by atoms with E-state index in [0.717, 1.165) is 24.5 Å². The Labute approximate surface area is 101 Å². The van der Waals surface area contributed by atoms with E-state index >= 15 is 0 Å². The highest BCUT2D eigenvalue weighted by Crippen LogP contribution is 2.23. The van der Waals surface area contributed by atoms with Gasteiger partial charge in [0, 0.05) is 43.6 Å². The van der Waals surface area contributed by atoms with Gasteiger partial charge in [0.1, 0.15) is 0 Å². The second-order valence-electron chi connectivity index (χ2n) is 4.01. The van der Waals surface area contributed by atoms with E-state index in [4.69, 9.17) is 0 Å². The predicted molar refractivity (Wildman–Crippen MR) is 69.7 cm³/mol. The van der Waals surface area contributed by atoms with Crippen LogP contribution < -0.4 is 10.6 Å². The van der Waals surface area contributed by atoms with Crippen LogP contribution in [0.4, 0.5) is 17.1 Å². The molecule has 0 saturated heterocycles. The second-order valence-corrected chi connectivity index (χ2v) is 4.01. The quantitative estimate of drug-likeness (QED) is 0.582. The Morgan fingerprint density at radius 1 is 1.29 bits per heavy atom. The lowest BCUT2D eigenvalue weighted by Gasteiger charge is -2.12. The van der Waals surface area contributed by atoms with Crippen LogP contribution in [0.5, 0.6) is 0 Å². The van der Waals surface area contributed by atoms with Gasteiger partial charge in [-0.15, -0.1) is 0 Å². The van der Waals surface area contributed by atoms with Gasteiger partial charge in [0.2, 0.25) is 0 Å². The molecule has 0 heterocycles. The van der Waals surface area contributed by atoms with E-state index in [1.54, 1.807) is 7.05 Å². The summed E-state index contributed by atoms with van der Waals surface area (Å²) in [6, 6.07) is 4.90. The molecule has 17 heavy (non-hydrogen) atoms. The van der Waals surface area contributed by atoms with Crippen LogP contribution in [-0.4, -0.2) is 44.1 Å². The van der Waals surface area contributed by atoms with E-state index in [1.165, 1.54) is 12.1 Å². The molecule has 6 heteroatoms. The topological polar surface area (TPSA) is 70.4 Å². The fourth-order valence-corrected chi connectivity index (χ4v) is 1.39. The molecule has 0 radical (unpaired) electrons. The lowest BCUT2D eigenvalue weighted by molar-refractivity contribution is -0.384. The number of hydrogen-bond donors (Lipinski definition) is 2. The first kappa shape index (κ1) is 13.2. The van der Waals surface area contributed by atoms with Crippen LogP contribution in [0.3, 0.4) is 0 Å². The van der Waals surface area contributed by atoms with E-state index in [-0.39, 0.29) is 5.69 Å². The Balaban J connectivity index is 2.76. The Morgan fingerprint density at radius 2 is 1.94 bits per heavy atom. The number of anilines is 2. The van der Waals surface area contributed by atoms with Crippen molar-refractivity contribution in [2.24, 2.45) is 0 Å². The van der Waals surface area contributed by atoms with Crippen LogP contribution in [0, 0.1) is 10.1 Å². The van der Waals surface area contributed by atoms with Gasteiger partial charge >= 0.3 is 0 Å². The predicted octanol–water partition coefficient (Wildman–Crippen LogP) is 1.61. The highest BCUT2D eigenvalue weighted by Gasteiger charge is 2.08. The maximum atomic E-state index is 10.7. The molecule has 0 aliphatic heterocycles. The third kappa shape index (κ3) is 4.28. The molecule has 0 fully saturated rings. The van der Waals surface area contributed by atoms with Crippen molar-refractivity contribution < 1.29 is 4.92 Å². The highest BCUT2D eigenvalue weighted by atomic mass is 16.6. The van der Waals surface area contributed by atoms with E-state index in [9.17, 15) is 10.1 Å². The van der Waals surface area contributed by atoms with Crippen LogP contribution in [0.15, 0.2) is 18.2 Å². The number of nitro groups is 1. The summed E-state index contributed by atoms with van der Waals surface area (Å²) in [6.45, 7) is 1.62. The fourth-order valence-electron chi connectivity index (χ4n) is 1.39. The minimum absolute atomic E-state index is 0.0872. The van der Waals surface area contributed by atoms with E-state index in [0.29, 0.717) is 0 Å². The first-order valence-corrected chi connectivity index (χ1v) is 5.39. The molecular formula is C11H18N4O2. The second kappa shape index (κ2) is 6.05. The first-order valence-electron chi connectivity index (χ1n) is 5.39. The van der Waals surface area contributed by atoms with Gasteiger partial charge in [-0.2, -0.15) is 0 Å². The number of nitrogens with one attached hydrogen (secondary N) is 2. The van der Waals surface area contributed by atoms with Gasteiger partial charge in [-0.05, 0) is 20.2 Å². The molecule has 0 amide bonds. The van der Waals surface area contributed by atoms with Gasteiger partial charge in [0.25, 0.3) is 5.69 Å². The minimum atomic E-state index is -0.391. The van der Waals surface area contributed by atoms with Gasteiger partial charge < -0.3 is 15.5 Å². The third-order valence-corrected chi connectivity index (χ3v) is 2.31. The maximum absolute atomic E-state index is 10.7. The summed E-state index contributed by atoms with van der Waals surface area (Å²) < 4.78 is 0. The van der Waals surface area contributed by atoms with Gasteiger partial charge in [-0.25, -0.2) is 0 Å². The number of benzene rings is 1. The Morgan fingerprint density at radius 3 is 2.47 bits per heavy atom. The fraction of sp³-hybridized carbons (Fsp3) is 0.455. The summed E-state index contributed by atoms with van der Waals surface area (Å²) in [5.41, 5.74) is 1.57. The molecule has 0 saturated carbocycles. The number of non-ortho nitro benzene ring substituents is 1. The van der Waals surface area contributed by atoms with Crippen molar-refractivity contribution in [3.05, 3.63) is 28.3 Å². The third-order valence-electron chi connectivity index (χ3n) is 2.31. The number of rotatable bonds is 6. The number of nitrogens with zero attached hydrogens (tertiary/aromatic N) is 2. The summed E-state index contributed by atoms with van der Waals surface area (Å²) in [7, 11) is 5.70. The number of likely N-dealkylation sites (N-methyl/N-ethyl adjacent to an activating group) is 1. The van der Waals surface area contributed by atoms with Crippen molar-refractivity contribution in [1.82, 2.24) is 4.90 Å². The van der Waals surface area contributed by atoms with Gasteiger partial charge in [-0.3, -0.25) is 10.1 Å². The van der Waals surface area contributed by atoms with Crippen molar-refractivity contribution in [3.63, 3.8) is 0 Å². The number of hydrogen-bond acceptors (Lipinski definition) is 5. The molecule has 94 valence electrons. The van der Waals surface area contributed by atoms with Gasteiger partial charge in [-0.1, -0.05) is 0 Å². The van der Waals surface area contributed by atoms with Gasteiger partial charge in [0.05, 0.1) is 4.92 Å². The van der Waals surface area contributed by atoms with Crippen LogP contribution in [-0.2, 0) is 0 Å². The average Bonchev–Trinajstić information content (AvgIpc) is 2.28. The lowest BCUT2D eigenvalue weighted by atomic mass is 10.2. The van der Waals surface area contributed by atoms with Crippen LogP contribution >= 0.6 is 0 Å². The summed E-state index contributed by atoms with van der Waals surface area (Å²) in [6.07, 6.45) is 0. The summed E-state index contributed by atoms with van der Waals surface area (Å²) in [5.74, 6) is 0. The molecule has 6 nitrogen and oxygen atoms in total. The van der Waals surface area contributed by atoms with Crippen molar-refractivity contribution in [3.8, 4) is 0 Å². The molecule has 0 unspecified atom stereocenters. The van der Waals surface area contributed by atoms with Crippen molar-refractivity contribution >= 4 is 17.1 Å². The zero-order valence-electron chi connectivity index (χ0n) is 10.4. The smallest absolute Gasteiger partial charge is 0.273 e. The Kier molecular flexibility index (Phi) is 4.71. The van der Waals surface area contributed by atoms with E-state index in [2.05, 4.69) is 10.6 Å². The van der Waals surface area contributed by atoms with E-state index in [1.807, 2.05) is 25.1 Å². The number of nitro benzene ring substituents is 1. The molecule has 0 aromatic heterocycles. The molecule has 1 rings (SSSR count). The highest BCUT2D eigenvalue weighted by molar-refractivity contribution is 5.63. The standard InChI is InChI=1S/C11H18N4O2/c1-12-9-6-10(13-4-5-14(2)3)8-11(7-9)15(16)17/h6-8,12-13H,4-5H2,1-3H3. The molecule has 2 N–H and O–H groups in total. The largest absolute Gasteiger partial charge is 0.388 e. The van der Waals surface area contributed by atoms with Crippen molar-refractivity contribution in [2.75, 3.05) is 44.9 Å². The molecule has 0 atom stereocenters. The summed E-state index contributed by atoms with van der Waals surface area (Å²) >= 11 is 0. The normalized spacial score (nSPS) is 10.4.